The molecule has 1 aromatic rings. The SMILES string of the molecule is NC1CCC(Nc2cccc(C(=O)NC3CC3)c2)CC1. The molecular formula is C16H23N3O. The van der Waals surface area contributed by atoms with Crippen molar-refractivity contribution in [2.75, 3.05) is 5.32 Å². The summed E-state index contributed by atoms with van der Waals surface area (Å²) >= 11 is 0. The number of benzene rings is 1. The highest BCUT2D eigenvalue weighted by Crippen LogP contribution is 2.23. The van der Waals surface area contributed by atoms with Crippen LogP contribution in [0.2, 0.25) is 0 Å². The van der Waals surface area contributed by atoms with Gasteiger partial charge in [-0.25, -0.2) is 0 Å². The fourth-order valence-corrected chi connectivity index (χ4v) is 2.75. The van der Waals surface area contributed by atoms with Crippen LogP contribution in [0.4, 0.5) is 5.69 Å². The maximum atomic E-state index is 12.0. The van der Waals surface area contributed by atoms with Gasteiger partial charge in [0.25, 0.3) is 5.91 Å². The minimum Gasteiger partial charge on any atom is -0.382 e. The van der Waals surface area contributed by atoms with Crippen LogP contribution in [0.1, 0.15) is 48.9 Å². The maximum Gasteiger partial charge on any atom is 0.251 e. The van der Waals surface area contributed by atoms with Gasteiger partial charge < -0.3 is 16.4 Å². The van der Waals surface area contributed by atoms with Crippen molar-refractivity contribution in [2.24, 2.45) is 5.73 Å². The van der Waals surface area contributed by atoms with Crippen molar-refractivity contribution < 1.29 is 4.79 Å². The molecule has 0 spiro atoms. The van der Waals surface area contributed by atoms with E-state index in [0.29, 0.717) is 18.1 Å². The number of nitrogens with two attached hydrogens (primary N) is 1. The molecule has 2 fully saturated rings. The molecule has 0 unspecified atom stereocenters. The van der Waals surface area contributed by atoms with Crippen molar-refractivity contribution in [1.29, 1.82) is 0 Å². The van der Waals surface area contributed by atoms with Gasteiger partial charge in [0.1, 0.15) is 0 Å². The topological polar surface area (TPSA) is 67.1 Å². The van der Waals surface area contributed by atoms with Crippen LogP contribution in [0.5, 0.6) is 0 Å². The first kappa shape index (κ1) is 13.4. The summed E-state index contributed by atoms with van der Waals surface area (Å²) in [6, 6.07) is 9.05. The van der Waals surface area contributed by atoms with E-state index < -0.39 is 0 Å². The molecule has 0 aromatic heterocycles. The van der Waals surface area contributed by atoms with E-state index in [1.165, 1.54) is 0 Å². The summed E-state index contributed by atoms with van der Waals surface area (Å²) < 4.78 is 0. The van der Waals surface area contributed by atoms with E-state index in [1.807, 2.05) is 24.3 Å². The third-order valence-electron chi connectivity index (χ3n) is 4.18. The van der Waals surface area contributed by atoms with Crippen molar-refractivity contribution in [3.8, 4) is 0 Å². The summed E-state index contributed by atoms with van der Waals surface area (Å²) in [5.74, 6) is 0.0433. The normalized spacial score (nSPS) is 26.1. The van der Waals surface area contributed by atoms with E-state index in [0.717, 1.165) is 49.8 Å². The molecule has 108 valence electrons. The van der Waals surface area contributed by atoms with Gasteiger partial charge in [-0.3, -0.25) is 4.79 Å². The second kappa shape index (κ2) is 5.83. The molecule has 0 radical (unpaired) electrons. The highest BCUT2D eigenvalue weighted by atomic mass is 16.1. The lowest BCUT2D eigenvalue weighted by Gasteiger charge is -2.27. The Morgan fingerprint density at radius 1 is 1.05 bits per heavy atom. The minimum atomic E-state index is 0.0433. The van der Waals surface area contributed by atoms with Gasteiger partial charge in [-0.05, 0) is 56.7 Å². The van der Waals surface area contributed by atoms with Crippen molar-refractivity contribution in [3.63, 3.8) is 0 Å². The maximum absolute atomic E-state index is 12.0. The fraction of sp³-hybridized carbons (Fsp3) is 0.562. The van der Waals surface area contributed by atoms with Crippen LogP contribution >= 0.6 is 0 Å². The Bertz CT molecular complexity index is 476. The van der Waals surface area contributed by atoms with Crippen molar-refractivity contribution >= 4 is 11.6 Å². The number of hydrogen-bond donors (Lipinski definition) is 3. The van der Waals surface area contributed by atoms with Gasteiger partial charge in [0.2, 0.25) is 0 Å². The van der Waals surface area contributed by atoms with Crippen molar-refractivity contribution in [3.05, 3.63) is 29.8 Å². The third-order valence-corrected chi connectivity index (χ3v) is 4.18. The largest absolute Gasteiger partial charge is 0.382 e. The van der Waals surface area contributed by atoms with Gasteiger partial charge in [0.05, 0.1) is 0 Å². The summed E-state index contributed by atoms with van der Waals surface area (Å²) in [5, 5.41) is 6.55. The summed E-state index contributed by atoms with van der Waals surface area (Å²) in [5.41, 5.74) is 7.71. The molecule has 0 bridgehead atoms. The molecule has 4 N–H and O–H groups in total. The zero-order valence-electron chi connectivity index (χ0n) is 11.8. The Morgan fingerprint density at radius 3 is 2.45 bits per heavy atom. The Kier molecular flexibility index (Phi) is 3.92. The number of carbonyl (C=O) groups excluding carboxylic acids is 1. The highest BCUT2D eigenvalue weighted by molar-refractivity contribution is 5.95. The number of hydrogen-bond acceptors (Lipinski definition) is 3. The second-order valence-electron chi connectivity index (χ2n) is 6.08. The number of nitrogens with one attached hydrogen (secondary N) is 2. The average Bonchev–Trinajstić information content (AvgIpc) is 3.26. The molecule has 0 heterocycles. The van der Waals surface area contributed by atoms with E-state index in [-0.39, 0.29) is 5.91 Å². The number of rotatable bonds is 4. The van der Waals surface area contributed by atoms with Gasteiger partial charge in [-0.2, -0.15) is 0 Å². The summed E-state index contributed by atoms with van der Waals surface area (Å²) in [4.78, 5) is 12.0. The molecular weight excluding hydrogens is 250 g/mol. The quantitative estimate of drug-likeness (QED) is 0.788. The summed E-state index contributed by atoms with van der Waals surface area (Å²) in [7, 11) is 0. The Hall–Kier alpha value is -1.55. The van der Waals surface area contributed by atoms with Crippen LogP contribution in [0.15, 0.2) is 24.3 Å². The monoisotopic (exact) mass is 273 g/mol. The molecule has 2 saturated carbocycles. The highest BCUT2D eigenvalue weighted by Gasteiger charge is 2.24. The van der Waals surface area contributed by atoms with Gasteiger partial charge in [0.15, 0.2) is 0 Å². The molecule has 4 nitrogen and oxygen atoms in total. The van der Waals surface area contributed by atoms with E-state index >= 15 is 0 Å². The Balaban J connectivity index is 1.60. The van der Waals surface area contributed by atoms with E-state index in [1.54, 1.807) is 0 Å². The molecule has 20 heavy (non-hydrogen) atoms. The van der Waals surface area contributed by atoms with Crippen molar-refractivity contribution in [2.45, 2.75) is 56.7 Å². The van der Waals surface area contributed by atoms with Gasteiger partial charge in [-0.1, -0.05) is 6.07 Å². The van der Waals surface area contributed by atoms with Crippen LogP contribution in [0.25, 0.3) is 0 Å². The standard InChI is InChI=1S/C16H23N3O/c17-12-4-6-13(7-5-12)18-15-3-1-2-11(10-15)16(20)19-14-8-9-14/h1-3,10,12-14,18H,4-9,17H2,(H,19,20). The van der Waals surface area contributed by atoms with Crippen LogP contribution in [-0.4, -0.2) is 24.0 Å². The Labute approximate surface area is 120 Å². The number of carbonyl (C=O) groups is 1. The molecule has 4 heteroatoms. The van der Waals surface area contributed by atoms with E-state index in [9.17, 15) is 4.79 Å². The zero-order valence-corrected chi connectivity index (χ0v) is 11.8. The predicted octanol–water partition coefficient (Wildman–Crippen LogP) is 2.26. The van der Waals surface area contributed by atoms with Crippen LogP contribution in [0, 0.1) is 0 Å². The summed E-state index contributed by atoms with van der Waals surface area (Å²) in [6.07, 6.45) is 6.62. The summed E-state index contributed by atoms with van der Waals surface area (Å²) in [6.45, 7) is 0. The average molecular weight is 273 g/mol. The van der Waals surface area contributed by atoms with Crippen LogP contribution in [-0.2, 0) is 0 Å². The molecule has 0 saturated heterocycles. The lowest BCUT2D eigenvalue weighted by molar-refractivity contribution is 0.0951. The lowest BCUT2D eigenvalue weighted by atomic mass is 9.91. The third kappa shape index (κ3) is 3.51. The zero-order chi connectivity index (χ0) is 13.9. The number of anilines is 1. The second-order valence-corrected chi connectivity index (χ2v) is 6.08. The molecule has 2 aliphatic carbocycles. The van der Waals surface area contributed by atoms with E-state index in [2.05, 4.69) is 10.6 Å². The first-order valence-corrected chi connectivity index (χ1v) is 7.64. The fourth-order valence-electron chi connectivity index (χ4n) is 2.75. The molecule has 1 aromatic carbocycles. The molecule has 1 amide bonds. The molecule has 3 rings (SSSR count). The van der Waals surface area contributed by atoms with Gasteiger partial charge in [-0.15, -0.1) is 0 Å². The minimum absolute atomic E-state index is 0.0433. The predicted molar refractivity (Wildman–Crippen MR) is 80.8 cm³/mol. The Morgan fingerprint density at radius 2 is 1.75 bits per heavy atom. The number of amides is 1. The molecule has 0 aliphatic heterocycles. The van der Waals surface area contributed by atoms with Gasteiger partial charge in [0, 0.05) is 29.4 Å². The first-order valence-electron chi connectivity index (χ1n) is 7.64. The lowest BCUT2D eigenvalue weighted by Crippen LogP contribution is -2.32. The molecule has 2 aliphatic rings. The first-order chi connectivity index (χ1) is 9.70. The molecule has 0 atom stereocenters. The van der Waals surface area contributed by atoms with Crippen molar-refractivity contribution in [1.82, 2.24) is 5.32 Å². The van der Waals surface area contributed by atoms with Crippen LogP contribution < -0.4 is 16.4 Å². The van der Waals surface area contributed by atoms with E-state index in [4.69, 9.17) is 5.73 Å². The van der Waals surface area contributed by atoms with Crippen LogP contribution in [0.3, 0.4) is 0 Å². The van der Waals surface area contributed by atoms with Gasteiger partial charge >= 0.3 is 0 Å². The smallest absolute Gasteiger partial charge is 0.251 e.